The van der Waals surface area contributed by atoms with E-state index >= 15 is 0 Å². The second-order valence-electron chi connectivity index (χ2n) is 2.50. The van der Waals surface area contributed by atoms with Crippen LogP contribution in [0.25, 0.3) is 0 Å². The zero-order valence-electron chi connectivity index (χ0n) is 8.14. The van der Waals surface area contributed by atoms with Gasteiger partial charge in [-0.3, -0.25) is 5.32 Å². The molecule has 1 aliphatic rings. The summed E-state index contributed by atoms with van der Waals surface area (Å²) >= 11 is 0. The molecule has 0 aromatic rings. The van der Waals surface area contributed by atoms with E-state index in [4.69, 9.17) is 0 Å². The monoisotopic (exact) mass is 168 g/mol. The van der Waals surface area contributed by atoms with E-state index < -0.39 is 0 Å². The number of nitrogens with one attached hydrogen (secondary N) is 2. The van der Waals surface area contributed by atoms with Gasteiger partial charge in [-0.15, -0.1) is 13.2 Å². The average Bonchev–Trinajstić information content (AvgIpc) is 2.20. The van der Waals surface area contributed by atoms with Crippen LogP contribution >= 0.6 is 0 Å². The second-order valence-corrected chi connectivity index (χ2v) is 2.50. The maximum Gasteiger partial charge on any atom is 0.0459 e. The molecule has 2 nitrogen and oxygen atoms in total. The predicted molar refractivity (Wildman–Crippen MR) is 55.0 cm³/mol. The Labute approximate surface area is 75.7 Å². The summed E-state index contributed by atoms with van der Waals surface area (Å²) in [6, 6.07) is 0.402. The molecule has 0 bridgehead atoms. The van der Waals surface area contributed by atoms with Gasteiger partial charge in [0.05, 0.1) is 0 Å². The zero-order valence-corrected chi connectivity index (χ0v) is 8.14. The smallest absolute Gasteiger partial charge is 0.0459 e. The zero-order chi connectivity index (χ0) is 9.40. The topological polar surface area (TPSA) is 24.1 Å². The maximum atomic E-state index is 3.75. The predicted octanol–water partition coefficient (Wildman–Crippen LogP) is 1.52. The highest BCUT2D eigenvalue weighted by atomic mass is 15.1. The molecule has 0 radical (unpaired) electrons. The minimum absolute atomic E-state index is 0.402. The Morgan fingerprint density at radius 1 is 1.25 bits per heavy atom. The van der Waals surface area contributed by atoms with Crippen LogP contribution in [0.15, 0.2) is 25.3 Å². The van der Waals surface area contributed by atoms with Gasteiger partial charge < -0.3 is 5.32 Å². The molecule has 70 valence electrons. The summed E-state index contributed by atoms with van der Waals surface area (Å²) in [6.45, 7) is 13.4. The van der Waals surface area contributed by atoms with Gasteiger partial charge in [0.1, 0.15) is 0 Å². The van der Waals surface area contributed by atoms with Crippen LogP contribution in [0, 0.1) is 5.92 Å². The first-order chi connectivity index (χ1) is 5.88. The lowest BCUT2D eigenvalue weighted by Crippen LogP contribution is -2.49. The average molecular weight is 168 g/mol. The molecule has 1 fully saturated rings. The Kier molecular flexibility index (Phi) is 6.72. The van der Waals surface area contributed by atoms with Crippen molar-refractivity contribution in [1.82, 2.24) is 10.6 Å². The van der Waals surface area contributed by atoms with Crippen molar-refractivity contribution in [1.29, 1.82) is 0 Å². The molecular weight excluding hydrogens is 148 g/mol. The molecule has 0 aromatic carbocycles. The summed E-state index contributed by atoms with van der Waals surface area (Å²) in [5.41, 5.74) is 0. The van der Waals surface area contributed by atoms with Gasteiger partial charge in [-0.1, -0.05) is 26.0 Å². The molecule has 2 unspecified atom stereocenters. The van der Waals surface area contributed by atoms with Crippen molar-refractivity contribution < 1.29 is 0 Å². The molecule has 12 heavy (non-hydrogen) atoms. The molecule has 0 aliphatic carbocycles. The van der Waals surface area contributed by atoms with Gasteiger partial charge >= 0.3 is 0 Å². The SMILES string of the molecule is C=CC1CNCNC1C=C.CC. The van der Waals surface area contributed by atoms with Crippen molar-refractivity contribution in [2.24, 2.45) is 5.92 Å². The van der Waals surface area contributed by atoms with Crippen molar-refractivity contribution in [3.63, 3.8) is 0 Å². The lowest BCUT2D eigenvalue weighted by Gasteiger charge is -2.28. The molecular formula is C10H20N2. The minimum Gasteiger partial charge on any atom is -0.304 e. The first-order valence-corrected chi connectivity index (χ1v) is 4.57. The van der Waals surface area contributed by atoms with Gasteiger partial charge in [0.2, 0.25) is 0 Å². The molecule has 0 saturated carbocycles. The van der Waals surface area contributed by atoms with Gasteiger partial charge in [0.25, 0.3) is 0 Å². The van der Waals surface area contributed by atoms with Crippen molar-refractivity contribution in [3.05, 3.63) is 25.3 Å². The molecule has 2 heteroatoms. The van der Waals surface area contributed by atoms with E-state index in [2.05, 4.69) is 23.8 Å². The lowest BCUT2D eigenvalue weighted by atomic mass is 9.98. The van der Waals surface area contributed by atoms with Gasteiger partial charge in [0.15, 0.2) is 0 Å². The highest BCUT2D eigenvalue weighted by Crippen LogP contribution is 2.07. The van der Waals surface area contributed by atoms with E-state index in [0.717, 1.165) is 13.2 Å². The largest absolute Gasteiger partial charge is 0.304 e. The van der Waals surface area contributed by atoms with Crippen molar-refractivity contribution in [3.8, 4) is 0 Å². The van der Waals surface area contributed by atoms with E-state index in [-0.39, 0.29) is 0 Å². The Morgan fingerprint density at radius 2 is 1.92 bits per heavy atom. The Morgan fingerprint density at radius 3 is 2.33 bits per heavy atom. The molecule has 0 spiro atoms. The van der Waals surface area contributed by atoms with Gasteiger partial charge in [0, 0.05) is 25.2 Å². The molecule has 1 heterocycles. The van der Waals surface area contributed by atoms with Crippen LogP contribution in [0.2, 0.25) is 0 Å². The fraction of sp³-hybridized carbons (Fsp3) is 0.600. The van der Waals surface area contributed by atoms with E-state index in [1.807, 2.05) is 26.0 Å². The summed E-state index contributed by atoms with van der Waals surface area (Å²) in [6.07, 6.45) is 3.90. The number of hydrogen-bond acceptors (Lipinski definition) is 2. The summed E-state index contributed by atoms with van der Waals surface area (Å²) in [7, 11) is 0. The third-order valence-corrected chi connectivity index (χ3v) is 1.86. The van der Waals surface area contributed by atoms with Gasteiger partial charge in [-0.05, 0) is 0 Å². The fourth-order valence-electron chi connectivity index (χ4n) is 1.20. The van der Waals surface area contributed by atoms with Crippen LogP contribution in [0.1, 0.15) is 13.8 Å². The maximum absolute atomic E-state index is 3.75. The summed E-state index contributed by atoms with van der Waals surface area (Å²) < 4.78 is 0. The molecule has 2 N–H and O–H groups in total. The summed E-state index contributed by atoms with van der Waals surface area (Å²) in [4.78, 5) is 0. The molecule has 1 rings (SSSR count). The summed E-state index contributed by atoms with van der Waals surface area (Å²) in [5, 5.41) is 6.49. The van der Waals surface area contributed by atoms with Crippen LogP contribution in [0.5, 0.6) is 0 Å². The Balaban J connectivity index is 0.000000561. The number of rotatable bonds is 2. The van der Waals surface area contributed by atoms with Crippen molar-refractivity contribution >= 4 is 0 Å². The standard InChI is InChI=1S/C8H14N2.C2H6/c1-3-7-5-9-6-10-8(7)4-2;1-2/h3-4,7-10H,1-2,5-6H2;1-2H3. The summed E-state index contributed by atoms with van der Waals surface area (Å²) in [5.74, 6) is 0.492. The van der Waals surface area contributed by atoms with Crippen LogP contribution in [-0.4, -0.2) is 19.3 Å². The van der Waals surface area contributed by atoms with E-state index in [9.17, 15) is 0 Å². The first-order valence-electron chi connectivity index (χ1n) is 4.57. The first kappa shape index (κ1) is 11.4. The highest BCUT2D eigenvalue weighted by Gasteiger charge is 2.17. The molecule has 1 aliphatic heterocycles. The Hall–Kier alpha value is -0.600. The van der Waals surface area contributed by atoms with Gasteiger partial charge in [-0.2, -0.15) is 0 Å². The van der Waals surface area contributed by atoms with Crippen LogP contribution in [-0.2, 0) is 0 Å². The number of hydrogen-bond donors (Lipinski definition) is 2. The van der Waals surface area contributed by atoms with Crippen LogP contribution in [0.4, 0.5) is 0 Å². The third-order valence-electron chi connectivity index (χ3n) is 1.86. The third kappa shape index (κ3) is 3.20. The molecule has 2 atom stereocenters. The lowest BCUT2D eigenvalue weighted by molar-refractivity contribution is 0.368. The minimum atomic E-state index is 0.402. The molecule has 0 amide bonds. The van der Waals surface area contributed by atoms with Crippen molar-refractivity contribution in [2.45, 2.75) is 19.9 Å². The van der Waals surface area contributed by atoms with Gasteiger partial charge in [-0.25, -0.2) is 0 Å². The normalized spacial score (nSPS) is 28.2. The van der Waals surface area contributed by atoms with E-state index in [1.165, 1.54) is 0 Å². The fourth-order valence-corrected chi connectivity index (χ4v) is 1.20. The van der Waals surface area contributed by atoms with Crippen LogP contribution < -0.4 is 10.6 Å². The quantitative estimate of drug-likeness (QED) is 0.611. The van der Waals surface area contributed by atoms with Crippen molar-refractivity contribution in [2.75, 3.05) is 13.2 Å². The van der Waals surface area contributed by atoms with Crippen LogP contribution in [0.3, 0.4) is 0 Å². The second kappa shape index (κ2) is 7.07. The highest BCUT2D eigenvalue weighted by molar-refractivity contribution is 5.00. The van der Waals surface area contributed by atoms with E-state index in [0.29, 0.717) is 12.0 Å². The molecule has 0 aromatic heterocycles. The van der Waals surface area contributed by atoms with E-state index in [1.54, 1.807) is 0 Å². The Bertz CT molecular complexity index is 116. The molecule has 1 saturated heterocycles.